The zero-order valence-electron chi connectivity index (χ0n) is 12.2. The van der Waals surface area contributed by atoms with Crippen molar-refractivity contribution in [1.29, 1.82) is 0 Å². The molecule has 1 atom stereocenters. The van der Waals surface area contributed by atoms with Gasteiger partial charge in [-0.1, -0.05) is 25.4 Å². The Balaban J connectivity index is 2.22. The van der Waals surface area contributed by atoms with Gasteiger partial charge >= 0.3 is 0 Å². The Labute approximate surface area is 131 Å². The van der Waals surface area contributed by atoms with Crippen molar-refractivity contribution in [3.63, 3.8) is 0 Å². The van der Waals surface area contributed by atoms with Crippen molar-refractivity contribution >= 4 is 34.7 Å². The van der Waals surface area contributed by atoms with Gasteiger partial charge in [-0.3, -0.25) is 9.59 Å². The minimum Gasteiger partial charge on any atom is -0.463 e. The lowest BCUT2D eigenvalue weighted by Gasteiger charge is -2.12. The van der Waals surface area contributed by atoms with Gasteiger partial charge in [0.1, 0.15) is 11.8 Å². The fourth-order valence-electron chi connectivity index (χ4n) is 1.75. The van der Waals surface area contributed by atoms with Crippen LogP contribution in [0.1, 0.15) is 19.4 Å². The maximum Gasteiger partial charge on any atom is 0.257 e. The summed E-state index contributed by atoms with van der Waals surface area (Å²) in [5.74, 6) is -0.428. The number of carbonyl (C=O) groups is 1. The summed E-state index contributed by atoms with van der Waals surface area (Å²) in [5, 5.41) is 4.52. The molecule has 1 aromatic carbocycles. The second-order valence-corrected chi connectivity index (χ2v) is 5.60. The Morgan fingerprint density at radius 3 is 2.86 bits per heavy atom. The summed E-state index contributed by atoms with van der Waals surface area (Å²) in [7, 11) is 0. The van der Waals surface area contributed by atoms with E-state index in [1.807, 2.05) is 13.8 Å². The van der Waals surface area contributed by atoms with Gasteiger partial charge in [-0.05, 0) is 24.1 Å². The number of hydrogen-bond acceptors (Lipinski definition) is 5. The number of carbonyl (C=O) groups excluding carboxylic acids is 1. The maximum atomic E-state index is 12.3. The van der Waals surface area contributed by atoms with Crippen LogP contribution in [0.25, 0.3) is 11.0 Å². The van der Waals surface area contributed by atoms with Crippen LogP contribution in [0.5, 0.6) is 0 Å². The van der Waals surface area contributed by atoms with Crippen LogP contribution in [0, 0.1) is 5.92 Å². The zero-order valence-corrected chi connectivity index (χ0v) is 12.9. The molecule has 0 aliphatic carbocycles. The molecule has 0 saturated heterocycles. The van der Waals surface area contributed by atoms with Crippen molar-refractivity contribution < 1.29 is 9.21 Å². The van der Waals surface area contributed by atoms with E-state index in [2.05, 4.69) is 10.5 Å². The number of nitrogens with one attached hydrogen (secondary N) is 1. The molecule has 2 rings (SSSR count). The number of halogens is 1. The molecule has 3 N–H and O–H groups in total. The molecule has 0 radical (unpaired) electrons. The van der Waals surface area contributed by atoms with Crippen LogP contribution in [0.3, 0.4) is 0 Å². The monoisotopic (exact) mass is 321 g/mol. The average molecular weight is 322 g/mol. The summed E-state index contributed by atoms with van der Waals surface area (Å²) in [6.45, 7) is 3.66. The summed E-state index contributed by atoms with van der Waals surface area (Å²) in [6.07, 6.45) is 2.49. The van der Waals surface area contributed by atoms with Crippen LogP contribution in [0.15, 0.2) is 38.8 Å². The average Bonchev–Trinajstić information content (AvgIpc) is 2.49. The van der Waals surface area contributed by atoms with Gasteiger partial charge in [0.25, 0.3) is 5.91 Å². The number of nitrogens with zero attached hydrogens (tertiary/aromatic N) is 1. The van der Waals surface area contributed by atoms with E-state index in [0.717, 1.165) is 0 Å². The van der Waals surface area contributed by atoms with Gasteiger partial charge in [-0.2, -0.15) is 5.10 Å². The lowest BCUT2D eigenvalue weighted by atomic mass is 10.1. The van der Waals surface area contributed by atoms with Gasteiger partial charge in [0, 0.05) is 5.02 Å². The van der Waals surface area contributed by atoms with E-state index in [0.29, 0.717) is 16.0 Å². The molecule has 22 heavy (non-hydrogen) atoms. The fourth-order valence-corrected chi connectivity index (χ4v) is 1.92. The molecule has 0 aliphatic rings. The predicted octanol–water partition coefficient (Wildman–Crippen LogP) is 1.88. The molecule has 0 aliphatic heterocycles. The molecule has 1 amide bonds. The lowest BCUT2D eigenvalue weighted by molar-refractivity contribution is -0.123. The molecule has 1 heterocycles. The minimum atomic E-state index is -0.663. The first-order valence-corrected chi connectivity index (χ1v) is 7.07. The van der Waals surface area contributed by atoms with Crippen LogP contribution in [-0.4, -0.2) is 18.2 Å². The van der Waals surface area contributed by atoms with Crippen LogP contribution < -0.4 is 16.6 Å². The Morgan fingerprint density at radius 1 is 1.45 bits per heavy atom. The number of nitrogens with two attached hydrogens (primary N) is 1. The first kappa shape index (κ1) is 16.2. The molecule has 0 fully saturated rings. The van der Waals surface area contributed by atoms with Gasteiger partial charge in [-0.15, -0.1) is 0 Å². The molecule has 1 aromatic heterocycles. The quantitative estimate of drug-likeness (QED) is 0.663. The van der Waals surface area contributed by atoms with E-state index >= 15 is 0 Å². The molecular weight excluding hydrogens is 306 g/mol. The summed E-state index contributed by atoms with van der Waals surface area (Å²) in [6, 6.07) is 4.11. The number of amides is 1. The van der Waals surface area contributed by atoms with Crippen LogP contribution in [0.2, 0.25) is 5.02 Å². The Morgan fingerprint density at radius 2 is 2.18 bits per heavy atom. The highest BCUT2D eigenvalue weighted by molar-refractivity contribution is 6.31. The highest BCUT2D eigenvalue weighted by atomic mass is 35.5. The Kier molecular flexibility index (Phi) is 4.95. The second kappa shape index (κ2) is 6.72. The summed E-state index contributed by atoms with van der Waals surface area (Å²) in [4.78, 5) is 23.9. The highest BCUT2D eigenvalue weighted by Gasteiger charge is 2.16. The normalized spacial score (nSPS) is 13.0. The number of rotatable bonds is 4. The standard InChI is InChI=1S/C15H16ClN3O3/c1-8(2)13(17)15(21)19-18-6-9-7-22-12-4-3-10(16)5-11(12)14(9)20/h3-8,13H,17H2,1-2H3,(H,19,21). The summed E-state index contributed by atoms with van der Waals surface area (Å²) >= 11 is 5.87. The Hall–Kier alpha value is -2.18. The van der Waals surface area contributed by atoms with Crippen molar-refractivity contribution in [2.75, 3.05) is 0 Å². The van der Waals surface area contributed by atoms with Gasteiger partial charge in [0.05, 0.1) is 23.2 Å². The maximum absolute atomic E-state index is 12.3. The van der Waals surface area contributed by atoms with Crippen LogP contribution >= 0.6 is 11.6 Å². The van der Waals surface area contributed by atoms with Gasteiger partial charge in [0.2, 0.25) is 5.43 Å². The van der Waals surface area contributed by atoms with Crippen molar-refractivity contribution in [2.45, 2.75) is 19.9 Å². The first-order valence-electron chi connectivity index (χ1n) is 6.69. The molecule has 0 spiro atoms. The third-order valence-electron chi connectivity index (χ3n) is 3.16. The molecular formula is C15H16ClN3O3. The number of fused-ring (bicyclic) bond motifs is 1. The predicted molar refractivity (Wildman–Crippen MR) is 86.0 cm³/mol. The van der Waals surface area contributed by atoms with E-state index in [9.17, 15) is 9.59 Å². The molecule has 116 valence electrons. The van der Waals surface area contributed by atoms with E-state index < -0.39 is 11.9 Å². The summed E-state index contributed by atoms with van der Waals surface area (Å²) < 4.78 is 5.33. The third kappa shape index (κ3) is 3.52. The molecule has 2 aromatic rings. The summed E-state index contributed by atoms with van der Waals surface area (Å²) in [5.41, 5.74) is 8.33. The number of benzene rings is 1. The SMILES string of the molecule is CC(C)C(N)C(=O)NN=Cc1coc2ccc(Cl)cc2c1=O. The van der Waals surface area contributed by atoms with Crippen LogP contribution in [0.4, 0.5) is 0 Å². The van der Waals surface area contributed by atoms with Crippen molar-refractivity contribution in [3.8, 4) is 0 Å². The van der Waals surface area contributed by atoms with Gasteiger partial charge < -0.3 is 10.2 Å². The second-order valence-electron chi connectivity index (χ2n) is 5.16. The lowest BCUT2D eigenvalue weighted by Crippen LogP contribution is -2.42. The van der Waals surface area contributed by atoms with Crippen molar-refractivity contribution in [2.24, 2.45) is 16.8 Å². The molecule has 7 heteroatoms. The van der Waals surface area contributed by atoms with Crippen molar-refractivity contribution in [3.05, 3.63) is 45.3 Å². The molecule has 6 nitrogen and oxygen atoms in total. The van der Waals surface area contributed by atoms with Crippen molar-refractivity contribution in [1.82, 2.24) is 5.43 Å². The van der Waals surface area contributed by atoms with E-state index in [1.54, 1.807) is 12.1 Å². The van der Waals surface area contributed by atoms with Gasteiger partial charge in [-0.25, -0.2) is 5.43 Å². The minimum absolute atomic E-state index is 0.0110. The topological polar surface area (TPSA) is 97.7 Å². The largest absolute Gasteiger partial charge is 0.463 e. The fraction of sp³-hybridized carbons (Fsp3) is 0.267. The highest BCUT2D eigenvalue weighted by Crippen LogP contribution is 2.16. The van der Waals surface area contributed by atoms with E-state index in [-0.39, 0.29) is 16.9 Å². The van der Waals surface area contributed by atoms with E-state index in [1.165, 1.54) is 18.5 Å². The molecule has 0 bridgehead atoms. The molecule has 0 saturated carbocycles. The smallest absolute Gasteiger partial charge is 0.257 e. The number of hydrazone groups is 1. The Bertz CT molecular complexity index is 783. The van der Waals surface area contributed by atoms with Crippen LogP contribution in [-0.2, 0) is 4.79 Å². The van der Waals surface area contributed by atoms with E-state index in [4.69, 9.17) is 21.8 Å². The van der Waals surface area contributed by atoms with Gasteiger partial charge in [0.15, 0.2) is 0 Å². The molecule has 1 unspecified atom stereocenters. The third-order valence-corrected chi connectivity index (χ3v) is 3.40. The number of hydrogen-bond donors (Lipinski definition) is 2. The zero-order chi connectivity index (χ0) is 16.3. The first-order chi connectivity index (χ1) is 10.4.